The number of fused-ring (bicyclic) bond motifs is 1. The van der Waals surface area contributed by atoms with Crippen LogP contribution < -0.4 is 11.0 Å². The summed E-state index contributed by atoms with van der Waals surface area (Å²) in [6.07, 6.45) is 3.41. The molecule has 2 aromatic rings. The number of rotatable bonds is 4. The Kier molecular flexibility index (Phi) is 4.55. The van der Waals surface area contributed by atoms with E-state index in [9.17, 15) is 9.59 Å². The summed E-state index contributed by atoms with van der Waals surface area (Å²) in [5.41, 5.74) is 3.08. The minimum absolute atomic E-state index is 0.0519. The van der Waals surface area contributed by atoms with Gasteiger partial charge in [-0.05, 0) is 38.7 Å². The molecule has 2 N–H and O–H groups in total. The first kappa shape index (κ1) is 16.5. The lowest BCUT2D eigenvalue weighted by atomic mass is 10.1. The van der Waals surface area contributed by atoms with Gasteiger partial charge in [-0.25, -0.2) is 9.89 Å². The van der Waals surface area contributed by atoms with Crippen molar-refractivity contribution in [2.75, 3.05) is 0 Å². The van der Waals surface area contributed by atoms with Crippen LogP contribution in [0.25, 0.3) is 0 Å². The smallest absolute Gasteiger partial charge is 0.343 e. The average Bonchev–Trinajstić information content (AvgIpc) is 2.91. The highest BCUT2D eigenvalue weighted by Crippen LogP contribution is 2.15. The van der Waals surface area contributed by atoms with E-state index >= 15 is 0 Å². The molecule has 24 heavy (non-hydrogen) atoms. The molecule has 3 rings (SSSR count). The SMILES string of the molecule is Cc1nn(C)c(C)c1CCC(=O)NC1CCc2n[nH]c(=O)n2CC1. The predicted octanol–water partition coefficient (Wildman–Crippen LogP) is 0.376. The summed E-state index contributed by atoms with van der Waals surface area (Å²) in [4.78, 5) is 23.9. The van der Waals surface area contributed by atoms with Gasteiger partial charge in [-0.1, -0.05) is 0 Å². The lowest BCUT2D eigenvalue weighted by Crippen LogP contribution is -2.35. The van der Waals surface area contributed by atoms with Gasteiger partial charge in [0, 0.05) is 38.2 Å². The molecule has 1 aliphatic heterocycles. The van der Waals surface area contributed by atoms with Crippen LogP contribution in [0.4, 0.5) is 0 Å². The van der Waals surface area contributed by atoms with Gasteiger partial charge in [-0.2, -0.15) is 10.2 Å². The molecule has 1 atom stereocenters. The molecule has 130 valence electrons. The molecule has 8 nitrogen and oxygen atoms in total. The second-order valence-electron chi connectivity index (χ2n) is 6.46. The fraction of sp³-hybridized carbons (Fsp3) is 0.625. The number of aromatic amines is 1. The van der Waals surface area contributed by atoms with Crippen molar-refractivity contribution in [3.63, 3.8) is 0 Å². The molecule has 1 aliphatic rings. The summed E-state index contributed by atoms with van der Waals surface area (Å²) >= 11 is 0. The first-order chi connectivity index (χ1) is 11.5. The molecular formula is C16H24N6O2. The van der Waals surface area contributed by atoms with Crippen molar-refractivity contribution in [2.24, 2.45) is 7.05 Å². The number of hydrogen-bond acceptors (Lipinski definition) is 4. The van der Waals surface area contributed by atoms with Crippen LogP contribution in [-0.2, 0) is 31.2 Å². The highest BCUT2D eigenvalue weighted by Gasteiger charge is 2.20. The minimum atomic E-state index is -0.167. The molecule has 0 aromatic carbocycles. The van der Waals surface area contributed by atoms with Crippen LogP contribution in [0, 0.1) is 13.8 Å². The van der Waals surface area contributed by atoms with E-state index in [1.54, 1.807) is 4.57 Å². The fourth-order valence-corrected chi connectivity index (χ4v) is 3.37. The maximum absolute atomic E-state index is 12.3. The Morgan fingerprint density at radius 1 is 1.38 bits per heavy atom. The van der Waals surface area contributed by atoms with Crippen molar-refractivity contribution in [3.05, 3.63) is 33.3 Å². The number of carbonyl (C=O) groups is 1. The quantitative estimate of drug-likeness (QED) is 0.845. The van der Waals surface area contributed by atoms with E-state index in [-0.39, 0.29) is 17.6 Å². The molecule has 0 aliphatic carbocycles. The predicted molar refractivity (Wildman–Crippen MR) is 88.7 cm³/mol. The third-order valence-corrected chi connectivity index (χ3v) is 4.88. The van der Waals surface area contributed by atoms with Gasteiger partial charge in [0.15, 0.2) is 0 Å². The summed E-state index contributed by atoms with van der Waals surface area (Å²) in [5, 5.41) is 14.0. The minimum Gasteiger partial charge on any atom is -0.353 e. The zero-order chi connectivity index (χ0) is 17.3. The van der Waals surface area contributed by atoms with Crippen molar-refractivity contribution in [1.82, 2.24) is 29.9 Å². The fourth-order valence-electron chi connectivity index (χ4n) is 3.37. The number of aryl methyl sites for hydroxylation is 3. The summed E-state index contributed by atoms with van der Waals surface area (Å²) in [6.45, 7) is 4.60. The molecule has 0 saturated carbocycles. The van der Waals surface area contributed by atoms with Gasteiger partial charge in [0.25, 0.3) is 0 Å². The van der Waals surface area contributed by atoms with E-state index in [0.29, 0.717) is 25.8 Å². The Hall–Kier alpha value is -2.38. The van der Waals surface area contributed by atoms with Gasteiger partial charge in [0.05, 0.1) is 5.69 Å². The number of hydrogen-bond donors (Lipinski definition) is 2. The van der Waals surface area contributed by atoms with Crippen molar-refractivity contribution in [3.8, 4) is 0 Å². The van der Waals surface area contributed by atoms with Gasteiger partial charge in [0.1, 0.15) is 5.82 Å². The molecule has 3 heterocycles. The second kappa shape index (κ2) is 6.62. The molecule has 0 saturated heterocycles. The highest BCUT2D eigenvalue weighted by atomic mass is 16.2. The Morgan fingerprint density at radius 2 is 2.17 bits per heavy atom. The van der Waals surface area contributed by atoms with Crippen LogP contribution in [0.3, 0.4) is 0 Å². The van der Waals surface area contributed by atoms with E-state index in [0.717, 1.165) is 35.6 Å². The first-order valence-electron chi connectivity index (χ1n) is 8.38. The first-order valence-corrected chi connectivity index (χ1v) is 8.38. The van der Waals surface area contributed by atoms with Crippen molar-refractivity contribution in [2.45, 2.75) is 58.5 Å². The van der Waals surface area contributed by atoms with Gasteiger partial charge >= 0.3 is 5.69 Å². The van der Waals surface area contributed by atoms with Gasteiger partial charge in [0.2, 0.25) is 5.91 Å². The van der Waals surface area contributed by atoms with Crippen LogP contribution in [0.2, 0.25) is 0 Å². The highest BCUT2D eigenvalue weighted by molar-refractivity contribution is 5.76. The van der Waals surface area contributed by atoms with Crippen LogP contribution in [-0.4, -0.2) is 36.5 Å². The molecule has 2 aromatic heterocycles. The van der Waals surface area contributed by atoms with E-state index in [1.807, 2.05) is 25.6 Å². The molecule has 0 spiro atoms. The summed E-state index contributed by atoms with van der Waals surface area (Å²) in [7, 11) is 1.92. The lowest BCUT2D eigenvalue weighted by Gasteiger charge is -2.16. The number of nitrogens with zero attached hydrogens (tertiary/aromatic N) is 4. The third kappa shape index (κ3) is 3.27. The second-order valence-corrected chi connectivity index (χ2v) is 6.46. The van der Waals surface area contributed by atoms with Crippen LogP contribution in [0.1, 0.15) is 42.0 Å². The van der Waals surface area contributed by atoms with Crippen molar-refractivity contribution in [1.29, 1.82) is 0 Å². The number of amides is 1. The Morgan fingerprint density at radius 3 is 2.88 bits per heavy atom. The molecule has 0 bridgehead atoms. The zero-order valence-corrected chi connectivity index (χ0v) is 14.4. The van der Waals surface area contributed by atoms with Gasteiger partial charge in [-0.3, -0.25) is 14.0 Å². The number of nitrogens with one attached hydrogen (secondary N) is 2. The largest absolute Gasteiger partial charge is 0.353 e. The molecule has 0 radical (unpaired) electrons. The lowest BCUT2D eigenvalue weighted by molar-refractivity contribution is -0.121. The maximum atomic E-state index is 12.3. The van der Waals surface area contributed by atoms with Crippen molar-refractivity contribution >= 4 is 5.91 Å². The Balaban J connectivity index is 1.53. The summed E-state index contributed by atoms with van der Waals surface area (Å²) in [5.74, 6) is 0.828. The molecule has 1 unspecified atom stereocenters. The summed E-state index contributed by atoms with van der Waals surface area (Å²) in [6, 6.07) is 0.0923. The number of carbonyl (C=O) groups excluding carboxylic acids is 1. The van der Waals surface area contributed by atoms with Gasteiger partial charge < -0.3 is 5.32 Å². The molecule has 0 fully saturated rings. The third-order valence-electron chi connectivity index (χ3n) is 4.88. The Labute approximate surface area is 140 Å². The normalized spacial score (nSPS) is 17.4. The molecule has 8 heteroatoms. The number of aromatic nitrogens is 5. The maximum Gasteiger partial charge on any atom is 0.343 e. The average molecular weight is 332 g/mol. The van der Waals surface area contributed by atoms with Gasteiger partial charge in [-0.15, -0.1) is 0 Å². The topological polar surface area (TPSA) is 97.6 Å². The van der Waals surface area contributed by atoms with Crippen molar-refractivity contribution < 1.29 is 4.79 Å². The zero-order valence-electron chi connectivity index (χ0n) is 14.4. The van der Waals surface area contributed by atoms with E-state index < -0.39 is 0 Å². The summed E-state index contributed by atoms with van der Waals surface area (Å²) < 4.78 is 3.52. The van der Waals surface area contributed by atoms with E-state index in [4.69, 9.17) is 0 Å². The van der Waals surface area contributed by atoms with Crippen LogP contribution in [0.5, 0.6) is 0 Å². The van der Waals surface area contributed by atoms with Crippen LogP contribution >= 0.6 is 0 Å². The van der Waals surface area contributed by atoms with E-state index in [1.165, 1.54) is 0 Å². The van der Waals surface area contributed by atoms with Crippen LogP contribution in [0.15, 0.2) is 4.79 Å². The monoisotopic (exact) mass is 332 g/mol. The number of H-pyrrole nitrogens is 1. The standard InChI is InChI=1S/C16H24N6O2/c1-10-13(11(2)21(3)20-10)5-7-15(23)17-12-4-6-14-18-19-16(24)22(14)9-8-12/h12H,4-9H2,1-3H3,(H,17,23)(H,19,24). The molecule has 1 amide bonds. The Bertz CT molecular complexity index is 800. The van der Waals surface area contributed by atoms with E-state index in [2.05, 4.69) is 20.6 Å². The molecular weight excluding hydrogens is 308 g/mol.